The highest BCUT2D eigenvalue weighted by Gasteiger charge is 2.11. The average molecular weight is 240 g/mol. The standard InChI is InChI=1S/C17H20O/c1-12(2)8-11-17(18)16-10-9-13(3)14-6-4-5-7-15(14)16/h4-7,9-10,12H,8,11H2,1-3H3. The molecule has 0 aliphatic heterocycles. The molecule has 2 rings (SSSR count). The van der Waals surface area contributed by atoms with Crippen LogP contribution in [0.25, 0.3) is 10.8 Å². The van der Waals surface area contributed by atoms with Crippen molar-refractivity contribution in [3.05, 3.63) is 47.5 Å². The molecule has 0 aliphatic carbocycles. The highest BCUT2D eigenvalue weighted by atomic mass is 16.1. The number of carbonyl (C=O) groups excluding carboxylic acids is 1. The summed E-state index contributed by atoms with van der Waals surface area (Å²) in [6, 6.07) is 12.2. The van der Waals surface area contributed by atoms with Crippen molar-refractivity contribution in [2.24, 2.45) is 5.92 Å². The van der Waals surface area contributed by atoms with Crippen molar-refractivity contribution in [1.82, 2.24) is 0 Å². The number of carbonyl (C=O) groups is 1. The van der Waals surface area contributed by atoms with E-state index in [2.05, 4.69) is 26.8 Å². The van der Waals surface area contributed by atoms with Crippen molar-refractivity contribution in [1.29, 1.82) is 0 Å². The van der Waals surface area contributed by atoms with Crippen LogP contribution in [0.5, 0.6) is 0 Å². The number of hydrogen-bond acceptors (Lipinski definition) is 1. The third kappa shape index (κ3) is 2.61. The van der Waals surface area contributed by atoms with Gasteiger partial charge in [0.15, 0.2) is 5.78 Å². The zero-order valence-electron chi connectivity index (χ0n) is 11.4. The zero-order chi connectivity index (χ0) is 13.1. The number of hydrogen-bond donors (Lipinski definition) is 0. The maximum atomic E-state index is 12.3. The van der Waals surface area contributed by atoms with Crippen molar-refractivity contribution in [3.8, 4) is 0 Å². The van der Waals surface area contributed by atoms with E-state index in [1.165, 1.54) is 10.9 Å². The molecule has 0 fully saturated rings. The van der Waals surface area contributed by atoms with E-state index >= 15 is 0 Å². The number of rotatable bonds is 4. The van der Waals surface area contributed by atoms with Crippen molar-refractivity contribution in [3.63, 3.8) is 0 Å². The van der Waals surface area contributed by atoms with E-state index in [1.807, 2.05) is 30.3 Å². The second-order valence-electron chi connectivity index (χ2n) is 5.33. The Morgan fingerprint density at radius 1 is 1.06 bits per heavy atom. The van der Waals surface area contributed by atoms with Gasteiger partial charge in [-0.05, 0) is 35.6 Å². The first-order valence-corrected chi connectivity index (χ1v) is 6.61. The monoisotopic (exact) mass is 240 g/mol. The van der Waals surface area contributed by atoms with Gasteiger partial charge in [0.25, 0.3) is 0 Å². The van der Waals surface area contributed by atoms with Crippen molar-refractivity contribution >= 4 is 16.6 Å². The molecule has 1 heteroatoms. The highest BCUT2D eigenvalue weighted by Crippen LogP contribution is 2.24. The Hall–Kier alpha value is -1.63. The maximum Gasteiger partial charge on any atom is 0.163 e. The quantitative estimate of drug-likeness (QED) is 0.704. The number of fused-ring (bicyclic) bond motifs is 1. The van der Waals surface area contributed by atoms with Crippen LogP contribution in [0.15, 0.2) is 36.4 Å². The van der Waals surface area contributed by atoms with E-state index in [0.717, 1.165) is 17.4 Å². The zero-order valence-corrected chi connectivity index (χ0v) is 11.4. The molecule has 0 amide bonds. The lowest BCUT2D eigenvalue weighted by Crippen LogP contribution is -2.02. The number of aryl methyl sites for hydroxylation is 1. The first-order valence-electron chi connectivity index (χ1n) is 6.61. The third-order valence-electron chi connectivity index (χ3n) is 3.39. The fourth-order valence-corrected chi connectivity index (χ4v) is 2.25. The van der Waals surface area contributed by atoms with Crippen molar-refractivity contribution in [2.75, 3.05) is 0 Å². The smallest absolute Gasteiger partial charge is 0.163 e. The molecule has 0 aliphatic rings. The predicted octanol–water partition coefficient (Wildman–Crippen LogP) is 4.77. The van der Waals surface area contributed by atoms with E-state index in [1.54, 1.807) is 0 Å². The van der Waals surface area contributed by atoms with Crippen LogP contribution in [0, 0.1) is 12.8 Å². The van der Waals surface area contributed by atoms with Crippen LogP contribution in [-0.4, -0.2) is 5.78 Å². The molecule has 0 radical (unpaired) electrons. The van der Waals surface area contributed by atoms with Crippen molar-refractivity contribution in [2.45, 2.75) is 33.6 Å². The van der Waals surface area contributed by atoms with Crippen LogP contribution in [0.1, 0.15) is 42.6 Å². The summed E-state index contributed by atoms with van der Waals surface area (Å²) in [4.78, 5) is 12.3. The fourth-order valence-electron chi connectivity index (χ4n) is 2.25. The van der Waals surface area contributed by atoms with Gasteiger partial charge in [-0.25, -0.2) is 0 Å². The van der Waals surface area contributed by atoms with Gasteiger partial charge in [-0.1, -0.05) is 50.2 Å². The lowest BCUT2D eigenvalue weighted by molar-refractivity contribution is 0.0977. The summed E-state index contributed by atoms with van der Waals surface area (Å²) < 4.78 is 0. The molecule has 0 unspecified atom stereocenters. The molecule has 2 aromatic carbocycles. The number of Topliss-reactive ketones (excluding diaryl/α,β-unsaturated/α-hetero) is 1. The Bertz CT molecular complexity index is 567. The van der Waals surface area contributed by atoms with Crippen LogP contribution < -0.4 is 0 Å². The summed E-state index contributed by atoms with van der Waals surface area (Å²) in [5.74, 6) is 0.838. The molecule has 0 saturated carbocycles. The van der Waals surface area contributed by atoms with Gasteiger partial charge in [0.05, 0.1) is 0 Å². The van der Waals surface area contributed by atoms with Gasteiger partial charge in [0.2, 0.25) is 0 Å². The molecule has 0 aromatic heterocycles. The predicted molar refractivity (Wildman–Crippen MR) is 77.1 cm³/mol. The largest absolute Gasteiger partial charge is 0.294 e. The van der Waals surface area contributed by atoms with E-state index in [0.29, 0.717) is 12.3 Å². The van der Waals surface area contributed by atoms with E-state index in [4.69, 9.17) is 0 Å². The molecule has 0 N–H and O–H groups in total. The molecule has 0 spiro atoms. The van der Waals surface area contributed by atoms with E-state index in [-0.39, 0.29) is 5.78 Å². The Kier molecular flexibility index (Phi) is 3.81. The summed E-state index contributed by atoms with van der Waals surface area (Å²) >= 11 is 0. The van der Waals surface area contributed by atoms with E-state index in [9.17, 15) is 4.79 Å². The fraction of sp³-hybridized carbons (Fsp3) is 0.353. The summed E-state index contributed by atoms with van der Waals surface area (Å²) in [7, 11) is 0. The Labute approximate surface area is 109 Å². The van der Waals surface area contributed by atoms with Crippen LogP contribution in [0.3, 0.4) is 0 Å². The van der Waals surface area contributed by atoms with E-state index < -0.39 is 0 Å². The van der Waals surface area contributed by atoms with Gasteiger partial charge in [-0.2, -0.15) is 0 Å². The number of ketones is 1. The first kappa shape index (κ1) is 12.8. The molecule has 0 atom stereocenters. The van der Waals surface area contributed by atoms with Gasteiger partial charge in [-0.15, -0.1) is 0 Å². The molecular formula is C17H20O. The minimum Gasteiger partial charge on any atom is -0.294 e. The molecule has 1 nitrogen and oxygen atoms in total. The highest BCUT2D eigenvalue weighted by molar-refractivity contribution is 6.08. The summed E-state index contributed by atoms with van der Waals surface area (Å²) in [6.07, 6.45) is 1.60. The number of benzene rings is 2. The average Bonchev–Trinajstić information content (AvgIpc) is 2.37. The lowest BCUT2D eigenvalue weighted by atomic mass is 9.95. The normalized spacial score (nSPS) is 11.1. The van der Waals surface area contributed by atoms with Crippen LogP contribution in [0.4, 0.5) is 0 Å². The SMILES string of the molecule is Cc1ccc(C(=O)CCC(C)C)c2ccccc12. The Balaban J connectivity index is 2.39. The summed E-state index contributed by atoms with van der Waals surface area (Å²) in [6.45, 7) is 6.39. The topological polar surface area (TPSA) is 17.1 Å². The lowest BCUT2D eigenvalue weighted by Gasteiger charge is -2.09. The van der Waals surface area contributed by atoms with Gasteiger partial charge in [0, 0.05) is 12.0 Å². The molecule has 0 saturated heterocycles. The minimum atomic E-state index is 0.264. The third-order valence-corrected chi connectivity index (χ3v) is 3.39. The maximum absolute atomic E-state index is 12.3. The van der Waals surface area contributed by atoms with Crippen LogP contribution in [-0.2, 0) is 0 Å². The molecular weight excluding hydrogens is 220 g/mol. The summed E-state index contributed by atoms with van der Waals surface area (Å²) in [5, 5.41) is 2.28. The van der Waals surface area contributed by atoms with Crippen molar-refractivity contribution < 1.29 is 4.79 Å². The van der Waals surface area contributed by atoms with Gasteiger partial charge in [-0.3, -0.25) is 4.79 Å². The first-order chi connectivity index (χ1) is 8.59. The second-order valence-corrected chi connectivity index (χ2v) is 5.33. The van der Waals surface area contributed by atoms with Crippen LogP contribution in [0.2, 0.25) is 0 Å². The minimum absolute atomic E-state index is 0.264. The molecule has 94 valence electrons. The van der Waals surface area contributed by atoms with Gasteiger partial charge < -0.3 is 0 Å². The molecule has 0 bridgehead atoms. The van der Waals surface area contributed by atoms with Gasteiger partial charge in [0.1, 0.15) is 0 Å². The van der Waals surface area contributed by atoms with Gasteiger partial charge >= 0.3 is 0 Å². The Morgan fingerprint density at radius 3 is 2.39 bits per heavy atom. The van der Waals surface area contributed by atoms with Crippen LogP contribution >= 0.6 is 0 Å². The second kappa shape index (κ2) is 5.34. The molecule has 18 heavy (non-hydrogen) atoms. The molecule has 2 aromatic rings. The Morgan fingerprint density at radius 2 is 1.72 bits per heavy atom. The summed E-state index contributed by atoms with van der Waals surface area (Å²) in [5.41, 5.74) is 2.10. The molecule has 0 heterocycles.